The lowest BCUT2D eigenvalue weighted by molar-refractivity contribution is 0.169. The van der Waals surface area contributed by atoms with Gasteiger partial charge in [0.15, 0.2) is 0 Å². The number of nitrogens with zero attached hydrogens (tertiary/aromatic N) is 2. The van der Waals surface area contributed by atoms with E-state index in [1.54, 1.807) is 6.07 Å². The van der Waals surface area contributed by atoms with E-state index in [1.165, 1.54) is 6.42 Å². The molecule has 1 saturated heterocycles. The van der Waals surface area contributed by atoms with Gasteiger partial charge in [0.1, 0.15) is 30.0 Å². The van der Waals surface area contributed by atoms with Crippen LogP contribution in [0.25, 0.3) is 22.3 Å². The molecule has 210 valence electrons. The number of hydrogen-bond acceptors (Lipinski definition) is 5. The van der Waals surface area contributed by atoms with Crippen LogP contribution in [0.15, 0.2) is 85.1 Å². The lowest BCUT2D eigenvalue weighted by atomic mass is 9.85. The standard InChI is InChI=1S/C36H38N2O3/c1-23-16-18-38(21-23)24(2)22-40-31-13-10-27(11-14-31)36-35(29-7-5-8-30(39)19-29)25(3)32-15-12-28(20-34(32)41-36)33-9-6-17-37-26(33)4/h5-15,17,19-20,23-24,36,39H,16,18,21-22H2,1-4H3. The SMILES string of the molecule is CC1=C(c2cccc(O)c2)C(c2ccc(OCC(C)N3CCC(C)C3)cc2)Oc2cc(-c3cccnc3C)ccc21. The van der Waals surface area contributed by atoms with Crippen LogP contribution in [0.4, 0.5) is 0 Å². The van der Waals surface area contributed by atoms with Crippen LogP contribution < -0.4 is 9.47 Å². The first-order valence-electron chi connectivity index (χ1n) is 14.6. The Morgan fingerprint density at radius 3 is 2.54 bits per heavy atom. The number of aromatic nitrogens is 1. The van der Waals surface area contributed by atoms with Crippen molar-refractivity contribution in [1.82, 2.24) is 9.88 Å². The van der Waals surface area contributed by atoms with Gasteiger partial charge in [-0.05, 0) is 98.3 Å². The monoisotopic (exact) mass is 546 g/mol. The van der Waals surface area contributed by atoms with Crippen LogP contribution in [0.5, 0.6) is 17.2 Å². The number of hydrogen-bond donors (Lipinski definition) is 1. The highest BCUT2D eigenvalue weighted by Crippen LogP contribution is 2.48. The predicted molar refractivity (Wildman–Crippen MR) is 165 cm³/mol. The number of phenolic OH excluding ortho intramolecular Hbond substituents is 1. The summed E-state index contributed by atoms with van der Waals surface area (Å²) in [4.78, 5) is 6.99. The van der Waals surface area contributed by atoms with E-state index in [0.717, 1.165) is 75.2 Å². The number of pyridine rings is 1. The quantitative estimate of drug-likeness (QED) is 0.255. The van der Waals surface area contributed by atoms with Gasteiger partial charge in [-0.2, -0.15) is 0 Å². The van der Waals surface area contributed by atoms with Crippen LogP contribution in [-0.2, 0) is 0 Å². The van der Waals surface area contributed by atoms with Crippen molar-refractivity contribution in [2.24, 2.45) is 5.92 Å². The van der Waals surface area contributed by atoms with E-state index in [0.29, 0.717) is 12.6 Å². The average Bonchev–Trinajstić information content (AvgIpc) is 3.42. The van der Waals surface area contributed by atoms with E-state index in [1.807, 2.05) is 49.5 Å². The maximum atomic E-state index is 10.3. The third-order valence-electron chi connectivity index (χ3n) is 8.52. The van der Waals surface area contributed by atoms with E-state index >= 15 is 0 Å². The van der Waals surface area contributed by atoms with Gasteiger partial charge in [-0.1, -0.05) is 49.4 Å². The maximum absolute atomic E-state index is 10.3. The summed E-state index contributed by atoms with van der Waals surface area (Å²) in [6.45, 7) is 11.7. The fourth-order valence-electron chi connectivity index (χ4n) is 6.12. The Labute approximate surface area is 243 Å². The number of rotatable bonds is 7. The molecule has 0 aliphatic carbocycles. The van der Waals surface area contributed by atoms with Gasteiger partial charge in [-0.15, -0.1) is 0 Å². The summed E-state index contributed by atoms with van der Waals surface area (Å²) < 4.78 is 13.0. The van der Waals surface area contributed by atoms with Crippen molar-refractivity contribution in [1.29, 1.82) is 0 Å². The van der Waals surface area contributed by atoms with Crippen molar-refractivity contribution in [3.05, 3.63) is 107 Å². The zero-order chi connectivity index (χ0) is 28.5. The second kappa shape index (κ2) is 11.4. The summed E-state index contributed by atoms with van der Waals surface area (Å²) in [6.07, 6.45) is 2.74. The van der Waals surface area contributed by atoms with Gasteiger partial charge >= 0.3 is 0 Å². The minimum Gasteiger partial charge on any atom is -0.508 e. The van der Waals surface area contributed by atoms with Crippen molar-refractivity contribution in [3.8, 4) is 28.4 Å². The van der Waals surface area contributed by atoms with E-state index in [-0.39, 0.29) is 11.9 Å². The average molecular weight is 547 g/mol. The Kier molecular flexibility index (Phi) is 7.55. The first-order chi connectivity index (χ1) is 19.9. The molecule has 4 aromatic rings. The molecule has 0 saturated carbocycles. The molecule has 5 nitrogen and oxygen atoms in total. The van der Waals surface area contributed by atoms with Crippen LogP contribution in [0.3, 0.4) is 0 Å². The van der Waals surface area contributed by atoms with Crippen molar-refractivity contribution < 1.29 is 14.6 Å². The molecule has 2 aliphatic heterocycles. The Bertz CT molecular complexity index is 1580. The fraction of sp³-hybridized carbons (Fsp3) is 0.306. The first kappa shape index (κ1) is 27.1. The normalized spacial score (nSPS) is 19.5. The van der Waals surface area contributed by atoms with Crippen molar-refractivity contribution in [3.63, 3.8) is 0 Å². The number of fused-ring (bicyclic) bond motifs is 1. The molecule has 3 heterocycles. The van der Waals surface area contributed by atoms with Crippen LogP contribution in [0, 0.1) is 12.8 Å². The van der Waals surface area contributed by atoms with Gasteiger partial charge in [0, 0.05) is 41.2 Å². The van der Waals surface area contributed by atoms with Crippen molar-refractivity contribution in [2.75, 3.05) is 19.7 Å². The highest BCUT2D eigenvalue weighted by molar-refractivity contribution is 5.96. The van der Waals surface area contributed by atoms with Gasteiger partial charge in [0.25, 0.3) is 0 Å². The van der Waals surface area contributed by atoms with Gasteiger partial charge in [-0.3, -0.25) is 9.88 Å². The minimum absolute atomic E-state index is 0.236. The second-order valence-corrected chi connectivity index (χ2v) is 11.6. The van der Waals surface area contributed by atoms with Gasteiger partial charge in [0.2, 0.25) is 0 Å². The lowest BCUT2D eigenvalue weighted by Crippen LogP contribution is -2.35. The molecular weight excluding hydrogens is 508 g/mol. The summed E-state index contributed by atoms with van der Waals surface area (Å²) in [5.74, 6) is 2.70. The molecule has 0 radical (unpaired) electrons. The summed E-state index contributed by atoms with van der Waals surface area (Å²) >= 11 is 0. The largest absolute Gasteiger partial charge is 0.508 e. The van der Waals surface area contributed by atoms with E-state index < -0.39 is 0 Å². The summed E-state index contributed by atoms with van der Waals surface area (Å²) in [6, 6.07) is 26.5. The van der Waals surface area contributed by atoms with Gasteiger partial charge in [0.05, 0.1) is 0 Å². The molecule has 1 fully saturated rings. The van der Waals surface area contributed by atoms with E-state index in [4.69, 9.17) is 9.47 Å². The van der Waals surface area contributed by atoms with Crippen LogP contribution >= 0.6 is 0 Å². The maximum Gasteiger partial charge on any atom is 0.150 e. The molecule has 3 aromatic carbocycles. The topological polar surface area (TPSA) is 54.8 Å². The predicted octanol–water partition coefficient (Wildman–Crippen LogP) is 7.94. The molecule has 0 spiro atoms. The molecular formula is C36H38N2O3. The van der Waals surface area contributed by atoms with Gasteiger partial charge < -0.3 is 14.6 Å². The summed E-state index contributed by atoms with van der Waals surface area (Å²) in [7, 11) is 0. The number of likely N-dealkylation sites (tertiary alicyclic amines) is 1. The van der Waals surface area contributed by atoms with Gasteiger partial charge in [-0.25, -0.2) is 0 Å². The van der Waals surface area contributed by atoms with E-state index in [9.17, 15) is 5.11 Å². The number of ether oxygens (including phenoxy) is 2. The highest BCUT2D eigenvalue weighted by Gasteiger charge is 2.30. The Morgan fingerprint density at radius 2 is 1.80 bits per heavy atom. The molecule has 0 bridgehead atoms. The Balaban J connectivity index is 1.31. The molecule has 0 amide bonds. The van der Waals surface area contributed by atoms with Crippen molar-refractivity contribution >= 4 is 11.1 Å². The number of aromatic hydroxyl groups is 1. The smallest absolute Gasteiger partial charge is 0.150 e. The number of phenols is 1. The first-order valence-corrected chi connectivity index (χ1v) is 14.6. The number of aryl methyl sites for hydroxylation is 1. The summed E-state index contributed by atoms with van der Waals surface area (Å²) in [5.41, 5.74) is 8.35. The zero-order valence-electron chi connectivity index (χ0n) is 24.3. The molecule has 6 rings (SSSR count). The highest BCUT2D eigenvalue weighted by atomic mass is 16.5. The molecule has 3 atom stereocenters. The number of benzene rings is 3. The molecule has 3 unspecified atom stereocenters. The van der Waals surface area contributed by atoms with E-state index in [2.05, 4.69) is 67.1 Å². The molecule has 2 aliphatic rings. The van der Waals surface area contributed by atoms with Crippen LogP contribution in [0.1, 0.15) is 55.7 Å². The number of allylic oxidation sites excluding steroid dienone is 1. The lowest BCUT2D eigenvalue weighted by Gasteiger charge is -2.31. The zero-order valence-corrected chi connectivity index (χ0v) is 24.3. The third kappa shape index (κ3) is 5.59. The van der Waals surface area contributed by atoms with Crippen molar-refractivity contribution in [2.45, 2.75) is 46.3 Å². The molecule has 41 heavy (non-hydrogen) atoms. The molecule has 1 N–H and O–H groups in total. The molecule has 1 aromatic heterocycles. The Hall–Kier alpha value is -4.09. The second-order valence-electron chi connectivity index (χ2n) is 11.6. The summed E-state index contributed by atoms with van der Waals surface area (Å²) in [5, 5.41) is 10.3. The fourth-order valence-corrected chi connectivity index (χ4v) is 6.12. The molecule has 5 heteroatoms. The minimum atomic E-state index is -0.339. The third-order valence-corrected chi connectivity index (χ3v) is 8.52. The Morgan fingerprint density at radius 1 is 0.976 bits per heavy atom. The van der Waals surface area contributed by atoms with Crippen LogP contribution in [0.2, 0.25) is 0 Å². The van der Waals surface area contributed by atoms with Crippen LogP contribution in [-0.4, -0.2) is 40.7 Å².